The molecule has 1 heterocycles. The van der Waals surface area contributed by atoms with Crippen molar-refractivity contribution >= 4 is 27.5 Å². The molecule has 0 saturated carbocycles. The molecule has 2 aromatic carbocycles. The van der Waals surface area contributed by atoms with Crippen molar-refractivity contribution in [2.24, 2.45) is 5.92 Å². The Labute approximate surface area is 237 Å². The maximum atomic E-state index is 13.8. The highest BCUT2D eigenvalue weighted by Crippen LogP contribution is 2.24. The molecule has 1 saturated heterocycles. The summed E-state index contributed by atoms with van der Waals surface area (Å²) in [4.78, 5) is 27.4. The zero-order valence-corrected chi connectivity index (χ0v) is 24.5. The number of anilines is 1. The topological polar surface area (TPSA) is 128 Å². The van der Waals surface area contributed by atoms with Crippen molar-refractivity contribution in [1.29, 1.82) is 0 Å². The molecule has 0 aromatic heterocycles. The summed E-state index contributed by atoms with van der Waals surface area (Å²) in [5, 5.41) is 12.2. The second kappa shape index (κ2) is 15.2. The molecule has 2 amide bonds. The first-order valence-corrected chi connectivity index (χ1v) is 15.4. The molecular formula is C29H42N4O6S. The smallest absolute Gasteiger partial charge is 0.262 e. The monoisotopic (exact) mass is 574 g/mol. The number of rotatable bonds is 14. The van der Waals surface area contributed by atoms with E-state index < -0.39 is 27.9 Å². The summed E-state index contributed by atoms with van der Waals surface area (Å²) in [5.41, 5.74) is 3.77. The molecule has 0 aliphatic carbocycles. The van der Waals surface area contributed by atoms with Crippen LogP contribution in [0.3, 0.4) is 0 Å². The van der Waals surface area contributed by atoms with Gasteiger partial charge in [-0.05, 0) is 60.7 Å². The average molecular weight is 575 g/mol. The lowest BCUT2D eigenvalue weighted by Crippen LogP contribution is -2.54. The quantitative estimate of drug-likeness (QED) is 0.179. The molecule has 1 unspecified atom stereocenters. The van der Waals surface area contributed by atoms with Crippen LogP contribution < -0.4 is 10.8 Å². The Morgan fingerprint density at radius 2 is 1.68 bits per heavy atom. The third-order valence-electron chi connectivity index (χ3n) is 7.06. The van der Waals surface area contributed by atoms with Gasteiger partial charge in [-0.3, -0.25) is 19.7 Å². The van der Waals surface area contributed by atoms with Crippen LogP contribution in [0.15, 0.2) is 53.4 Å². The molecule has 11 heteroatoms. The van der Waals surface area contributed by atoms with E-state index in [-0.39, 0.29) is 17.3 Å². The minimum Gasteiger partial charge on any atom is -0.379 e. The summed E-state index contributed by atoms with van der Waals surface area (Å²) in [6.45, 7) is 8.56. The number of carbonyl (C=O) groups is 2. The Morgan fingerprint density at radius 3 is 2.25 bits per heavy atom. The first-order chi connectivity index (χ1) is 19.2. The fraction of sp³-hybridized carbons (Fsp3) is 0.517. The molecule has 3 N–H and O–H groups in total. The number of morpholine rings is 1. The van der Waals surface area contributed by atoms with E-state index in [0.717, 1.165) is 23.6 Å². The number of nitrogens with one attached hydrogen (secondary N) is 2. The van der Waals surface area contributed by atoms with Gasteiger partial charge in [-0.15, -0.1) is 0 Å². The van der Waals surface area contributed by atoms with Crippen molar-refractivity contribution in [3.05, 3.63) is 59.7 Å². The number of benzene rings is 2. The highest BCUT2D eigenvalue weighted by molar-refractivity contribution is 7.89. The number of sulfonamides is 1. The molecular weight excluding hydrogens is 532 g/mol. The van der Waals surface area contributed by atoms with Crippen LogP contribution in [0.5, 0.6) is 0 Å². The zero-order valence-electron chi connectivity index (χ0n) is 23.6. The van der Waals surface area contributed by atoms with E-state index in [0.29, 0.717) is 44.1 Å². The van der Waals surface area contributed by atoms with Gasteiger partial charge in [-0.25, -0.2) is 13.9 Å². The Bertz CT molecular complexity index is 1200. The zero-order chi connectivity index (χ0) is 29.1. The Morgan fingerprint density at radius 1 is 1.02 bits per heavy atom. The Hall–Kier alpha value is -2.83. The van der Waals surface area contributed by atoms with Gasteiger partial charge >= 0.3 is 0 Å². The second-order valence-electron chi connectivity index (χ2n) is 10.4. The van der Waals surface area contributed by atoms with E-state index in [1.54, 1.807) is 31.5 Å². The summed E-state index contributed by atoms with van der Waals surface area (Å²) in [6.07, 6.45) is 4.42. The molecule has 1 aliphatic rings. The number of ether oxygens (including phenoxy) is 1. The molecule has 10 nitrogen and oxygen atoms in total. The lowest BCUT2D eigenvalue weighted by Gasteiger charge is -2.34. The van der Waals surface area contributed by atoms with Gasteiger partial charge in [0, 0.05) is 37.4 Å². The summed E-state index contributed by atoms with van der Waals surface area (Å²) < 4.78 is 34.1. The molecule has 3 rings (SSSR count). The maximum Gasteiger partial charge on any atom is 0.262 e. The first kappa shape index (κ1) is 31.7. The third-order valence-corrected chi connectivity index (χ3v) is 8.96. The van der Waals surface area contributed by atoms with Gasteiger partial charge in [0.25, 0.3) is 11.8 Å². The third kappa shape index (κ3) is 8.58. The summed E-state index contributed by atoms with van der Waals surface area (Å²) in [7, 11) is -4.12. The van der Waals surface area contributed by atoms with Crippen LogP contribution in [0, 0.1) is 5.92 Å². The minimum absolute atomic E-state index is 0.0136. The van der Waals surface area contributed by atoms with Crippen LogP contribution in [-0.4, -0.2) is 80.1 Å². The molecule has 40 heavy (non-hydrogen) atoms. The largest absolute Gasteiger partial charge is 0.379 e. The molecule has 1 atom stereocenters. The highest BCUT2D eigenvalue weighted by atomic mass is 32.2. The van der Waals surface area contributed by atoms with Gasteiger partial charge in [0.1, 0.15) is 6.04 Å². The number of amides is 2. The van der Waals surface area contributed by atoms with Crippen molar-refractivity contribution < 1.29 is 28.0 Å². The Kier molecular flexibility index (Phi) is 12.1. The molecule has 0 radical (unpaired) electrons. The predicted molar refractivity (Wildman–Crippen MR) is 154 cm³/mol. The summed E-state index contributed by atoms with van der Waals surface area (Å²) in [6, 6.07) is 12.3. The number of aryl methyl sites for hydroxylation is 1. The SMILES string of the molecule is CCCCCc1ccc(C(=O)Nc2ccc(S(=O)(=O)N(CCN3CCOCC3)C(C(=O)NO)C(C)C)cc2)cc1. The average Bonchev–Trinajstić information content (AvgIpc) is 2.96. The minimum atomic E-state index is -4.12. The second-order valence-corrected chi connectivity index (χ2v) is 12.3. The highest BCUT2D eigenvalue weighted by Gasteiger charge is 2.38. The van der Waals surface area contributed by atoms with E-state index in [1.165, 1.54) is 36.2 Å². The van der Waals surface area contributed by atoms with Gasteiger partial charge < -0.3 is 10.1 Å². The predicted octanol–water partition coefficient (Wildman–Crippen LogP) is 3.52. The Balaban J connectivity index is 1.75. The number of carbonyl (C=O) groups excluding carboxylic acids is 2. The van der Waals surface area contributed by atoms with Crippen LogP contribution in [0.4, 0.5) is 5.69 Å². The van der Waals surface area contributed by atoms with Gasteiger partial charge in [0.2, 0.25) is 10.0 Å². The van der Waals surface area contributed by atoms with Gasteiger partial charge in [-0.1, -0.05) is 45.7 Å². The van der Waals surface area contributed by atoms with E-state index in [2.05, 4.69) is 17.1 Å². The van der Waals surface area contributed by atoms with Crippen molar-refractivity contribution in [2.45, 2.75) is 57.4 Å². The van der Waals surface area contributed by atoms with Gasteiger partial charge in [0.15, 0.2) is 0 Å². The fourth-order valence-electron chi connectivity index (χ4n) is 4.76. The van der Waals surface area contributed by atoms with Crippen molar-refractivity contribution in [3.63, 3.8) is 0 Å². The van der Waals surface area contributed by atoms with Crippen molar-refractivity contribution in [1.82, 2.24) is 14.7 Å². The van der Waals surface area contributed by atoms with Crippen LogP contribution in [0.2, 0.25) is 0 Å². The first-order valence-electron chi connectivity index (χ1n) is 13.9. The van der Waals surface area contributed by atoms with Crippen LogP contribution in [-0.2, 0) is 26.0 Å². The lowest BCUT2D eigenvalue weighted by molar-refractivity contribution is -0.134. The van der Waals surface area contributed by atoms with E-state index in [4.69, 9.17) is 4.74 Å². The number of unbranched alkanes of at least 4 members (excludes halogenated alkanes) is 2. The number of hydrogen-bond acceptors (Lipinski definition) is 7. The molecule has 0 spiro atoms. The normalized spacial score (nSPS) is 15.2. The molecule has 1 aliphatic heterocycles. The maximum absolute atomic E-state index is 13.8. The number of hydroxylamine groups is 1. The van der Waals surface area contributed by atoms with Crippen LogP contribution in [0.1, 0.15) is 56.0 Å². The molecule has 0 bridgehead atoms. The molecule has 1 fully saturated rings. The van der Waals surface area contributed by atoms with E-state index >= 15 is 0 Å². The van der Waals surface area contributed by atoms with Gasteiger partial charge in [-0.2, -0.15) is 4.31 Å². The number of hydrogen-bond donors (Lipinski definition) is 3. The molecule has 2 aromatic rings. The lowest BCUT2D eigenvalue weighted by atomic mass is 10.0. The van der Waals surface area contributed by atoms with Gasteiger partial charge in [0.05, 0.1) is 18.1 Å². The summed E-state index contributed by atoms with van der Waals surface area (Å²) in [5.74, 6) is -1.48. The van der Waals surface area contributed by atoms with E-state index in [1.807, 2.05) is 12.1 Å². The standard InChI is InChI=1S/C29H42N4O6S/c1-4-5-6-7-23-8-10-24(11-9-23)28(34)30-25-12-14-26(15-13-25)40(37,38)33(27(22(2)3)29(35)31-36)17-16-32-18-20-39-21-19-32/h8-15,22,27,36H,4-7,16-21H2,1-3H3,(H,30,34)(H,31,35). The van der Waals surface area contributed by atoms with E-state index in [9.17, 15) is 23.2 Å². The van der Waals surface area contributed by atoms with Crippen molar-refractivity contribution in [3.8, 4) is 0 Å². The van der Waals surface area contributed by atoms with Crippen LogP contribution >= 0.6 is 0 Å². The van der Waals surface area contributed by atoms with Crippen LogP contribution in [0.25, 0.3) is 0 Å². The summed E-state index contributed by atoms with van der Waals surface area (Å²) >= 11 is 0. The molecule has 220 valence electrons. The fourth-order valence-corrected chi connectivity index (χ4v) is 6.47. The van der Waals surface area contributed by atoms with Crippen molar-refractivity contribution in [2.75, 3.05) is 44.7 Å². The number of nitrogens with zero attached hydrogens (tertiary/aromatic N) is 2.